The molecular formula is C13H28N2O2. The molecule has 1 N–H and O–H groups in total. The lowest BCUT2D eigenvalue weighted by atomic mass is 10.0. The van der Waals surface area contributed by atoms with Crippen molar-refractivity contribution < 1.29 is 9.53 Å². The average molecular weight is 244 g/mol. The van der Waals surface area contributed by atoms with Crippen LogP contribution in [0, 0.1) is 0 Å². The summed E-state index contributed by atoms with van der Waals surface area (Å²) in [5, 5.41) is 3.31. The van der Waals surface area contributed by atoms with Gasteiger partial charge in [-0.1, -0.05) is 6.92 Å². The first-order chi connectivity index (χ1) is 7.85. The van der Waals surface area contributed by atoms with Crippen LogP contribution in [-0.2, 0) is 9.53 Å². The number of nitrogens with one attached hydrogen (secondary N) is 1. The maximum atomic E-state index is 12.0. The average Bonchev–Trinajstić information content (AvgIpc) is 2.16. The van der Waals surface area contributed by atoms with Gasteiger partial charge < -0.3 is 9.64 Å². The van der Waals surface area contributed by atoms with Crippen molar-refractivity contribution in [2.45, 2.75) is 52.6 Å². The van der Waals surface area contributed by atoms with Crippen molar-refractivity contribution in [3.8, 4) is 0 Å². The highest BCUT2D eigenvalue weighted by molar-refractivity contribution is 5.80. The van der Waals surface area contributed by atoms with Gasteiger partial charge in [0.05, 0.1) is 6.61 Å². The van der Waals surface area contributed by atoms with E-state index in [1.165, 1.54) is 0 Å². The molecule has 0 saturated carbocycles. The third-order valence-corrected chi connectivity index (χ3v) is 2.52. The van der Waals surface area contributed by atoms with E-state index in [9.17, 15) is 4.79 Å². The normalized spacial score (nSPS) is 15.1. The molecule has 4 heteroatoms. The number of carbonyl (C=O) groups is 1. The van der Waals surface area contributed by atoms with Gasteiger partial charge in [0.2, 0.25) is 0 Å². The largest absolute Gasteiger partial charge is 0.465 e. The number of esters is 1. The summed E-state index contributed by atoms with van der Waals surface area (Å²) in [7, 11) is 2.03. The van der Waals surface area contributed by atoms with Crippen LogP contribution in [0.5, 0.6) is 0 Å². The fraction of sp³-hybridized carbons (Fsp3) is 0.923. The molecule has 0 aliphatic heterocycles. The molecule has 1 atom stereocenters. The van der Waals surface area contributed by atoms with Crippen LogP contribution in [0.4, 0.5) is 0 Å². The van der Waals surface area contributed by atoms with E-state index in [4.69, 9.17) is 4.74 Å². The summed E-state index contributed by atoms with van der Waals surface area (Å²) in [6.07, 6.45) is 1.08. The fourth-order valence-corrected chi connectivity index (χ4v) is 2.10. The summed E-state index contributed by atoms with van der Waals surface area (Å²) >= 11 is 0. The van der Waals surface area contributed by atoms with Gasteiger partial charge in [-0.25, -0.2) is 0 Å². The van der Waals surface area contributed by atoms with Crippen molar-refractivity contribution in [2.24, 2.45) is 0 Å². The fourth-order valence-electron chi connectivity index (χ4n) is 2.10. The van der Waals surface area contributed by atoms with Gasteiger partial charge in [0, 0.05) is 12.6 Å². The zero-order valence-electron chi connectivity index (χ0n) is 12.2. The van der Waals surface area contributed by atoms with Crippen molar-refractivity contribution in [3.63, 3.8) is 0 Å². The van der Waals surface area contributed by atoms with E-state index >= 15 is 0 Å². The summed E-state index contributed by atoms with van der Waals surface area (Å²) in [6.45, 7) is 12.0. The van der Waals surface area contributed by atoms with Crippen LogP contribution in [0.1, 0.15) is 41.0 Å². The summed E-state index contributed by atoms with van der Waals surface area (Å²) in [5.41, 5.74) is -0.631. The molecule has 17 heavy (non-hydrogen) atoms. The summed E-state index contributed by atoms with van der Waals surface area (Å²) in [6, 6.07) is 0.249. The van der Waals surface area contributed by atoms with Crippen LogP contribution in [-0.4, -0.2) is 49.2 Å². The second kappa shape index (κ2) is 7.67. The lowest BCUT2D eigenvalue weighted by Gasteiger charge is -2.34. The number of rotatable bonds is 8. The van der Waals surface area contributed by atoms with Gasteiger partial charge in [-0.05, 0) is 47.7 Å². The lowest BCUT2D eigenvalue weighted by Crippen LogP contribution is -2.59. The molecule has 0 aliphatic rings. The Hall–Kier alpha value is -0.610. The lowest BCUT2D eigenvalue weighted by molar-refractivity contribution is -0.151. The number of nitrogens with zero attached hydrogens (tertiary/aromatic N) is 1. The highest BCUT2D eigenvalue weighted by atomic mass is 16.5. The van der Waals surface area contributed by atoms with Crippen molar-refractivity contribution >= 4 is 5.97 Å². The topological polar surface area (TPSA) is 41.6 Å². The van der Waals surface area contributed by atoms with Crippen LogP contribution in [0.3, 0.4) is 0 Å². The van der Waals surface area contributed by atoms with Gasteiger partial charge in [-0.3, -0.25) is 10.1 Å². The minimum atomic E-state index is -0.631. The van der Waals surface area contributed by atoms with Crippen molar-refractivity contribution in [3.05, 3.63) is 0 Å². The van der Waals surface area contributed by atoms with Gasteiger partial charge in [0.25, 0.3) is 0 Å². The second-order valence-electron chi connectivity index (χ2n) is 5.09. The molecule has 0 aromatic rings. The first-order valence-electron chi connectivity index (χ1n) is 6.49. The molecule has 0 fully saturated rings. The molecular weight excluding hydrogens is 216 g/mol. The Kier molecular flexibility index (Phi) is 7.39. The quantitative estimate of drug-likeness (QED) is 0.659. The highest BCUT2D eigenvalue weighted by Crippen LogP contribution is 2.10. The zero-order chi connectivity index (χ0) is 13.5. The minimum Gasteiger partial charge on any atom is -0.465 e. The van der Waals surface area contributed by atoms with Gasteiger partial charge in [0.15, 0.2) is 0 Å². The predicted octanol–water partition coefficient (Wildman–Crippen LogP) is 1.65. The first-order valence-corrected chi connectivity index (χ1v) is 6.49. The summed E-state index contributed by atoms with van der Waals surface area (Å²) in [4.78, 5) is 14.2. The molecule has 0 amide bonds. The van der Waals surface area contributed by atoms with Crippen LogP contribution < -0.4 is 5.32 Å². The van der Waals surface area contributed by atoms with Gasteiger partial charge in [-0.2, -0.15) is 0 Å². The Morgan fingerprint density at radius 3 is 2.41 bits per heavy atom. The smallest absolute Gasteiger partial charge is 0.327 e. The number of ether oxygens (including phenoxy) is 1. The minimum absolute atomic E-state index is 0.170. The van der Waals surface area contributed by atoms with Gasteiger partial charge in [-0.15, -0.1) is 0 Å². The van der Waals surface area contributed by atoms with Crippen LogP contribution >= 0.6 is 0 Å². The molecule has 0 heterocycles. The second-order valence-corrected chi connectivity index (χ2v) is 5.09. The molecule has 4 nitrogen and oxygen atoms in total. The molecule has 0 bridgehead atoms. The highest BCUT2D eigenvalue weighted by Gasteiger charge is 2.36. The standard InChI is InChI=1S/C13H28N2O2/c1-7-9-15(6)10-13(5,14-11(3)4)12(16)17-8-2/h11,14H,7-10H2,1-6H3. The SMILES string of the molecule is CCCN(C)CC(C)(NC(C)C)C(=O)OCC. The zero-order valence-corrected chi connectivity index (χ0v) is 12.2. The molecule has 0 saturated heterocycles. The van der Waals surface area contributed by atoms with Crippen LogP contribution in [0.25, 0.3) is 0 Å². The van der Waals surface area contributed by atoms with Crippen molar-refractivity contribution in [2.75, 3.05) is 26.7 Å². The molecule has 0 rings (SSSR count). The van der Waals surface area contributed by atoms with Crippen molar-refractivity contribution in [1.29, 1.82) is 0 Å². The third-order valence-electron chi connectivity index (χ3n) is 2.52. The summed E-state index contributed by atoms with van der Waals surface area (Å²) in [5.74, 6) is -0.170. The molecule has 0 aromatic heterocycles. The predicted molar refractivity (Wildman–Crippen MR) is 71.1 cm³/mol. The molecule has 0 radical (unpaired) electrons. The van der Waals surface area contributed by atoms with E-state index < -0.39 is 5.54 Å². The molecule has 102 valence electrons. The van der Waals surface area contributed by atoms with Gasteiger partial charge >= 0.3 is 5.97 Å². The number of likely N-dealkylation sites (N-methyl/N-ethyl adjacent to an activating group) is 1. The summed E-state index contributed by atoms with van der Waals surface area (Å²) < 4.78 is 5.16. The van der Waals surface area contributed by atoms with E-state index in [0.29, 0.717) is 13.2 Å². The number of carbonyl (C=O) groups excluding carboxylic acids is 1. The van der Waals surface area contributed by atoms with E-state index in [0.717, 1.165) is 13.0 Å². The molecule has 0 aliphatic carbocycles. The first kappa shape index (κ1) is 16.4. The Balaban J connectivity index is 4.65. The van der Waals surface area contributed by atoms with E-state index in [2.05, 4.69) is 17.1 Å². The third kappa shape index (κ3) is 6.03. The van der Waals surface area contributed by atoms with E-state index in [1.807, 2.05) is 34.7 Å². The Morgan fingerprint density at radius 1 is 1.41 bits per heavy atom. The number of hydrogen-bond donors (Lipinski definition) is 1. The van der Waals surface area contributed by atoms with E-state index in [1.54, 1.807) is 0 Å². The number of hydrogen-bond acceptors (Lipinski definition) is 4. The van der Waals surface area contributed by atoms with E-state index in [-0.39, 0.29) is 12.0 Å². The van der Waals surface area contributed by atoms with Crippen LogP contribution in [0.15, 0.2) is 0 Å². The Morgan fingerprint density at radius 2 is 2.00 bits per heavy atom. The molecule has 0 spiro atoms. The van der Waals surface area contributed by atoms with Crippen LogP contribution in [0.2, 0.25) is 0 Å². The molecule has 0 aromatic carbocycles. The molecule has 1 unspecified atom stereocenters. The van der Waals surface area contributed by atoms with Gasteiger partial charge in [0.1, 0.15) is 5.54 Å². The Bertz CT molecular complexity index is 231. The Labute approximate surface area is 106 Å². The van der Waals surface area contributed by atoms with Crippen molar-refractivity contribution in [1.82, 2.24) is 10.2 Å². The maximum absolute atomic E-state index is 12.0. The monoisotopic (exact) mass is 244 g/mol. The maximum Gasteiger partial charge on any atom is 0.327 e.